The molecule has 1 N–H and O–H groups in total. The lowest BCUT2D eigenvalue weighted by molar-refractivity contribution is 0.402. The molecule has 0 heterocycles. The molecule has 0 unspecified atom stereocenters. The average Bonchev–Trinajstić information content (AvgIpc) is 2.59. The first kappa shape index (κ1) is 24.9. The van der Waals surface area contributed by atoms with Crippen LogP contribution in [0.5, 0.6) is 0 Å². The Morgan fingerprint density at radius 1 is 0.808 bits per heavy atom. The second-order valence-corrected chi connectivity index (χ2v) is 7.20. The van der Waals surface area contributed by atoms with Gasteiger partial charge >= 0.3 is 0 Å². The van der Waals surface area contributed by atoms with Gasteiger partial charge < -0.3 is 20.0 Å². The van der Waals surface area contributed by atoms with Gasteiger partial charge in [0.1, 0.15) is 5.84 Å². The molecule has 0 saturated heterocycles. The molecule has 0 aliphatic carbocycles. The molecule has 26 heavy (non-hydrogen) atoms. The maximum atomic E-state index is 4.95. The molecule has 0 bridgehead atoms. The van der Waals surface area contributed by atoms with Crippen LogP contribution in [0.1, 0.15) is 52.9 Å². The number of nitrogens with one attached hydrogen (secondary N) is 1. The predicted molar refractivity (Wildman–Crippen MR) is 117 cm³/mol. The molecule has 0 aromatic heterocycles. The van der Waals surface area contributed by atoms with Gasteiger partial charge in [-0.25, -0.2) is 0 Å². The van der Waals surface area contributed by atoms with Crippen LogP contribution >= 0.6 is 0 Å². The van der Waals surface area contributed by atoms with E-state index in [1.54, 1.807) is 0 Å². The molecule has 0 amide bonds. The monoisotopic (exact) mass is 368 g/mol. The molecular weight excluding hydrogens is 324 g/mol. The number of aliphatic imine (C=N–C) groups is 2. The largest absolute Gasteiger partial charge is 0.356 e. The Labute approximate surface area is 162 Å². The van der Waals surface area contributed by atoms with E-state index in [1.807, 2.05) is 0 Å². The van der Waals surface area contributed by atoms with Crippen molar-refractivity contribution < 1.29 is 0 Å². The zero-order valence-electron chi connectivity index (χ0n) is 18.5. The summed E-state index contributed by atoms with van der Waals surface area (Å²) in [5.41, 5.74) is 0. The summed E-state index contributed by atoms with van der Waals surface area (Å²) in [5.74, 6) is 2.16. The van der Waals surface area contributed by atoms with Crippen LogP contribution in [0.4, 0.5) is 0 Å². The molecule has 0 aliphatic rings. The number of nitrogens with zero attached hydrogens (tertiary/aromatic N) is 5. The third kappa shape index (κ3) is 12.3. The minimum atomic E-state index is 0.846. The van der Waals surface area contributed by atoms with Crippen LogP contribution < -0.4 is 5.32 Å². The van der Waals surface area contributed by atoms with Gasteiger partial charge in [0.05, 0.1) is 0 Å². The van der Waals surface area contributed by atoms with Gasteiger partial charge in [0, 0.05) is 32.6 Å². The third-order valence-corrected chi connectivity index (χ3v) is 4.06. The Morgan fingerprint density at radius 2 is 1.38 bits per heavy atom. The lowest BCUT2D eigenvalue weighted by Crippen LogP contribution is -2.45. The van der Waals surface area contributed by atoms with Gasteiger partial charge in [-0.3, -0.25) is 9.98 Å². The highest BCUT2D eigenvalue weighted by Gasteiger charge is 2.15. The summed E-state index contributed by atoms with van der Waals surface area (Å²) in [6.07, 6.45) is 5.54. The normalized spacial score (nSPS) is 13.0. The Balaban J connectivity index is 5.09. The Hall–Kier alpha value is -1.14. The van der Waals surface area contributed by atoms with E-state index in [1.165, 1.54) is 18.7 Å². The van der Waals surface area contributed by atoms with Gasteiger partial charge in [0.15, 0.2) is 5.96 Å². The Bertz CT molecular complexity index is 390. The van der Waals surface area contributed by atoms with Crippen molar-refractivity contribution in [1.82, 2.24) is 20.0 Å². The summed E-state index contributed by atoms with van der Waals surface area (Å²) in [4.78, 5) is 16.5. The Morgan fingerprint density at radius 3 is 1.85 bits per heavy atom. The molecule has 0 aliphatic heterocycles. The second-order valence-electron chi connectivity index (χ2n) is 7.20. The summed E-state index contributed by atoms with van der Waals surface area (Å²) in [6, 6.07) is 0. The summed E-state index contributed by atoms with van der Waals surface area (Å²) in [7, 11) is 8.44. The number of amidine groups is 1. The van der Waals surface area contributed by atoms with Gasteiger partial charge in [0.25, 0.3) is 0 Å². The van der Waals surface area contributed by atoms with Crippen molar-refractivity contribution >= 4 is 11.8 Å². The van der Waals surface area contributed by atoms with Crippen molar-refractivity contribution in [3.63, 3.8) is 0 Å². The Kier molecular flexibility index (Phi) is 15.4. The van der Waals surface area contributed by atoms with Crippen LogP contribution in [0.25, 0.3) is 0 Å². The van der Waals surface area contributed by atoms with Crippen molar-refractivity contribution in [3.05, 3.63) is 0 Å². The van der Waals surface area contributed by atoms with Crippen LogP contribution in [0, 0.1) is 0 Å². The smallest absolute Gasteiger partial charge is 0.199 e. The van der Waals surface area contributed by atoms with E-state index in [9.17, 15) is 0 Å². The summed E-state index contributed by atoms with van der Waals surface area (Å²) in [5, 5.41) is 3.46. The fraction of sp³-hybridized carbons (Fsp3) is 0.900. The van der Waals surface area contributed by atoms with Crippen LogP contribution in [0.2, 0.25) is 0 Å². The fourth-order valence-corrected chi connectivity index (χ4v) is 2.65. The molecule has 0 atom stereocenters. The summed E-state index contributed by atoms with van der Waals surface area (Å²) in [6.45, 7) is 12.2. The van der Waals surface area contributed by atoms with Crippen LogP contribution in [-0.4, -0.2) is 94.0 Å². The number of hydrogen-bond acceptors (Lipinski definition) is 4. The SMILES string of the molecule is CCCCC(=NCCCN(C)C)N(CC)C(=NCCCN(C)C)NCC. The average molecular weight is 369 g/mol. The van der Waals surface area contributed by atoms with Crippen LogP contribution in [0.15, 0.2) is 9.98 Å². The standard InChI is InChI=1S/C20H44N6/c1-8-11-14-19(22-15-12-17-24(4)5)26(10-3)20(21-9-2)23-16-13-18-25(6)7/h8-18H2,1-7H3,(H,21,23). The molecule has 0 rings (SSSR count). The second kappa shape index (κ2) is 16.1. The summed E-state index contributed by atoms with van der Waals surface area (Å²) < 4.78 is 0. The predicted octanol–water partition coefficient (Wildman–Crippen LogP) is 2.77. The van der Waals surface area contributed by atoms with Crippen molar-refractivity contribution in [1.29, 1.82) is 0 Å². The van der Waals surface area contributed by atoms with Gasteiger partial charge in [-0.2, -0.15) is 0 Å². The molecule has 0 radical (unpaired) electrons. The number of unbranched alkanes of at least 4 members (excludes halogenated alkanes) is 1. The molecule has 6 nitrogen and oxygen atoms in total. The molecular formula is C20H44N6. The molecule has 6 heteroatoms. The minimum Gasteiger partial charge on any atom is -0.356 e. The first-order chi connectivity index (χ1) is 12.5. The van der Waals surface area contributed by atoms with Crippen molar-refractivity contribution in [2.75, 3.05) is 67.5 Å². The summed E-state index contributed by atoms with van der Waals surface area (Å²) >= 11 is 0. The lowest BCUT2D eigenvalue weighted by atomic mass is 10.2. The molecule has 0 aromatic carbocycles. The minimum absolute atomic E-state index is 0.846. The first-order valence-electron chi connectivity index (χ1n) is 10.3. The number of guanidine groups is 1. The number of hydrogen-bond donors (Lipinski definition) is 1. The van der Waals surface area contributed by atoms with E-state index < -0.39 is 0 Å². The molecule has 154 valence electrons. The molecule has 0 saturated carbocycles. The molecule has 0 aromatic rings. The van der Waals surface area contributed by atoms with Crippen LogP contribution in [-0.2, 0) is 0 Å². The fourth-order valence-electron chi connectivity index (χ4n) is 2.65. The zero-order valence-corrected chi connectivity index (χ0v) is 18.5. The van der Waals surface area contributed by atoms with Crippen LogP contribution in [0.3, 0.4) is 0 Å². The van der Waals surface area contributed by atoms with Gasteiger partial charge in [-0.05, 0) is 74.4 Å². The van der Waals surface area contributed by atoms with Crippen molar-refractivity contribution in [2.45, 2.75) is 52.9 Å². The molecule has 0 spiro atoms. The van der Waals surface area contributed by atoms with E-state index in [-0.39, 0.29) is 0 Å². The van der Waals surface area contributed by atoms with E-state index in [0.29, 0.717) is 0 Å². The topological polar surface area (TPSA) is 46.5 Å². The van der Waals surface area contributed by atoms with Gasteiger partial charge in [0.2, 0.25) is 0 Å². The third-order valence-electron chi connectivity index (χ3n) is 4.06. The quantitative estimate of drug-likeness (QED) is 0.308. The highest BCUT2D eigenvalue weighted by molar-refractivity contribution is 5.99. The van der Waals surface area contributed by atoms with E-state index in [0.717, 1.165) is 64.5 Å². The lowest BCUT2D eigenvalue weighted by Gasteiger charge is -2.27. The number of rotatable bonds is 13. The molecule has 0 fully saturated rings. The maximum Gasteiger partial charge on any atom is 0.199 e. The van der Waals surface area contributed by atoms with Crippen molar-refractivity contribution in [3.8, 4) is 0 Å². The first-order valence-corrected chi connectivity index (χ1v) is 10.3. The zero-order chi connectivity index (χ0) is 19.8. The highest BCUT2D eigenvalue weighted by atomic mass is 15.3. The van der Waals surface area contributed by atoms with Gasteiger partial charge in [-0.1, -0.05) is 13.3 Å². The van der Waals surface area contributed by atoms with Crippen molar-refractivity contribution in [2.24, 2.45) is 9.98 Å². The van der Waals surface area contributed by atoms with E-state index in [2.05, 4.69) is 69.0 Å². The highest BCUT2D eigenvalue weighted by Crippen LogP contribution is 2.05. The van der Waals surface area contributed by atoms with E-state index in [4.69, 9.17) is 9.98 Å². The van der Waals surface area contributed by atoms with E-state index >= 15 is 0 Å². The van der Waals surface area contributed by atoms with Gasteiger partial charge in [-0.15, -0.1) is 0 Å². The maximum absolute atomic E-state index is 4.95.